The maximum absolute atomic E-state index is 14.0. The molecule has 1 aromatic heterocycles. The maximum Gasteiger partial charge on any atom is 0.322 e. The number of carbonyl (C=O) groups excluding carboxylic acids is 5. The molecule has 0 spiro atoms. The highest BCUT2D eigenvalue weighted by Gasteiger charge is 2.35. The molecule has 2 rings (SSSR count). The molecule has 6 atom stereocenters. The van der Waals surface area contributed by atoms with E-state index in [1.807, 2.05) is 78.9 Å². The van der Waals surface area contributed by atoms with E-state index in [9.17, 15) is 24.0 Å². The minimum atomic E-state index is -0.834. The Balaban J connectivity index is 2.29. The third-order valence-corrected chi connectivity index (χ3v) is 10.5. The van der Waals surface area contributed by atoms with Crippen molar-refractivity contribution in [3.63, 3.8) is 0 Å². The fourth-order valence-electron chi connectivity index (χ4n) is 6.40. The molecule has 0 unspecified atom stereocenters. The number of likely N-dealkylation sites (N-methyl/N-ethyl adjacent to an activating group) is 2. The molecule has 14 heteroatoms. The van der Waals surface area contributed by atoms with Crippen LogP contribution >= 0.6 is 11.3 Å². The molecule has 302 valence electrons. The van der Waals surface area contributed by atoms with Crippen LogP contribution in [0.3, 0.4) is 0 Å². The van der Waals surface area contributed by atoms with Gasteiger partial charge in [-0.05, 0) is 63.2 Å². The summed E-state index contributed by atoms with van der Waals surface area (Å²) in [5.41, 5.74) is 1.14. The van der Waals surface area contributed by atoms with Crippen molar-refractivity contribution in [2.45, 2.75) is 117 Å². The van der Waals surface area contributed by atoms with E-state index in [0.717, 1.165) is 31.4 Å². The van der Waals surface area contributed by atoms with Gasteiger partial charge in [-0.3, -0.25) is 24.0 Å². The van der Waals surface area contributed by atoms with Crippen LogP contribution in [0.4, 0.5) is 0 Å². The number of carbonyl (C=O) groups is 5. The number of amides is 3. The van der Waals surface area contributed by atoms with E-state index in [1.165, 1.54) is 25.4 Å². The summed E-state index contributed by atoms with van der Waals surface area (Å²) in [5.74, 6) is -2.19. The molecule has 0 aliphatic heterocycles. The monoisotopic (exact) mass is 772 g/mol. The molecule has 2 aromatic rings. The predicted octanol–water partition coefficient (Wildman–Crippen LogP) is 4.67. The molecule has 4 N–H and O–H groups in total. The summed E-state index contributed by atoms with van der Waals surface area (Å²) in [5, 5.41) is 14.4. The van der Waals surface area contributed by atoms with E-state index in [4.69, 9.17) is 9.47 Å². The minimum Gasteiger partial charge on any atom is -0.468 e. The first-order valence-electron chi connectivity index (χ1n) is 19.1. The van der Waals surface area contributed by atoms with Gasteiger partial charge in [-0.2, -0.15) is 0 Å². The van der Waals surface area contributed by atoms with Crippen molar-refractivity contribution in [1.29, 1.82) is 0 Å². The molecule has 0 fully saturated rings. The van der Waals surface area contributed by atoms with Crippen LogP contribution in [0.1, 0.15) is 108 Å². The van der Waals surface area contributed by atoms with Crippen molar-refractivity contribution in [2.75, 3.05) is 34.3 Å². The molecule has 1 aromatic carbocycles. The predicted molar refractivity (Wildman–Crippen MR) is 212 cm³/mol. The Hall–Kier alpha value is -3.88. The molecule has 1 heterocycles. The fourth-order valence-corrected chi connectivity index (χ4v) is 7.24. The largest absolute Gasteiger partial charge is 0.468 e. The second-order valence-corrected chi connectivity index (χ2v) is 15.5. The Kier molecular flexibility index (Phi) is 20.4. The lowest BCUT2D eigenvalue weighted by Crippen LogP contribution is -2.54. The van der Waals surface area contributed by atoms with E-state index in [0.29, 0.717) is 18.0 Å². The maximum atomic E-state index is 14.0. The Morgan fingerprint density at radius 1 is 0.944 bits per heavy atom. The van der Waals surface area contributed by atoms with Crippen molar-refractivity contribution in [3.8, 4) is 0 Å². The number of hydrogen-bond acceptors (Lipinski definition) is 11. The van der Waals surface area contributed by atoms with E-state index < -0.39 is 48.1 Å². The van der Waals surface area contributed by atoms with Gasteiger partial charge in [0.15, 0.2) is 6.10 Å². The fraction of sp³-hybridized carbons (Fsp3) is 0.650. The van der Waals surface area contributed by atoms with Gasteiger partial charge in [-0.1, -0.05) is 78.3 Å². The van der Waals surface area contributed by atoms with Crippen molar-refractivity contribution < 1.29 is 33.4 Å². The number of unbranched alkanes of at least 4 members (excludes halogenated alkanes) is 1. The summed E-state index contributed by atoms with van der Waals surface area (Å²) in [6.45, 7) is 14.3. The molecule has 3 amide bonds. The van der Waals surface area contributed by atoms with Gasteiger partial charge in [0.1, 0.15) is 22.8 Å². The van der Waals surface area contributed by atoms with E-state index in [1.54, 1.807) is 17.3 Å². The first-order chi connectivity index (χ1) is 25.6. The van der Waals surface area contributed by atoms with Gasteiger partial charge in [0.2, 0.25) is 11.8 Å². The Morgan fingerprint density at radius 3 is 2.20 bits per heavy atom. The number of methoxy groups -OCH3 is 1. The summed E-state index contributed by atoms with van der Waals surface area (Å²) >= 11 is 1.20. The number of rotatable bonds is 24. The molecule has 0 saturated carbocycles. The van der Waals surface area contributed by atoms with Crippen molar-refractivity contribution in [3.05, 3.63) is 52.0 Å². The molecular weight excluding hydrogens is 709 g/mol. The highest BCUT2D eigenvalue weighted by molar-refractivity contribution is 7.09. The number of benzene rings is 1. The van der Waals surface area contributed by atoms with Crippen molar-refractivity contribution >= 4 is 41.0 Å². The number of nitrogens with one attached hydrogen (secondary N) is 4. The number of thiazole rings is 1. The molecule has 0 bridgehead atoms. The summed E-state index contributed by atoms with van der Waals surface area (Å²) < 4.78 is 10.8. The van der Waals surface area contributed by atoms with Crippen LogP contribution in [0.5, 0.6) is 0 Å². The van der Waals surface area contributed by atoms with E-state index in [-0.39, 0.29) is 48.1 Å². The lowest BCUT2D eigenvalue weighted by atomic mass is 9.94. The zero-order chi connectivity index (χ0) is 40.4. The lowest BCUT2D eigenvalue weighted by Gasteiger charge is -2.36. The first kappa shape index (κ1) is 46.3. The van der Waals surface area contributed by atoms with Gasteiger partial charge < -0.3 is 35.6 Å². The van der Waals surface area contributed by atoms with Gasteiger partial charge in [0.25, 0.3) is 5.91 Å². The van der Waals surface area contributed by atoms with Crippen LogP contribution < -0.4 is 21.3 Å². The van der Waals surface area contributed by atoms with E-state index >= 15 is 0 Å². The average Bonchev–Trinajstić information content (AvgIpc) is 3.63. The standard InChI is InChI=1S/C40H64N6O7S/c1-11-42-31(40(51)52-10)22-30(21-29-18-13-12-14-19-29)43-37(49)32-24-54-38(44-32)34(53-28(7)47)23-33(25(2)3)46(9)39(50)35(26(4)5)45-36(48)27(6)17-15-16-20-41-8/h12-14,18-19,24-27,30-31,33-35,41-42H,11,15-17,20-23H2,1-10H3,(H,43,49)(H,45,48)/t27-,30+,31+,33-,34-,35+/m1/s1. The molecule has 0 saturated heterocycles. The van der Waals surface area contributed by atoms with Crippen LogP contribution in [0.15, 0.2) is 35.7 Å². The molecular formula is C40H64N6O7S. The van der Waals surface area contributed by atoms with Gasteiger partial charge >= 0.3 is 11.9 Å². The molecule has 0 aliphatic carbocycles. The highest BCUT2D eigenvalue weighted by Crippen LogP contribution is 2.31. The third-order valence-electron chi connectivity index (χ3n) is 9.52. The smallest absolute Gasteiger partial charge is 0.322 e. The quantitative estimate of drug-likeness (QED) is 0.0870. The highest BCUT2D eigenvalue weighted by atomic mass is 32.1. The SMILES string of the molecule is CCN[C@@H](C[C@H](Cc1ccccc1)NC(=O)c1csc([C@@H](C[C@H](C(C)C)N(C)C(=O)[C@@H](NC(=O)[C@H](C)CCCCNC)C(C)C)OC(C)=O)n1)C(=O)OC. The normalized spacial score (nSPS) is 14.7. The van der Waals surface area contributed by atoms with Crippen LogP contribution in [0, 0.1) is 17.8 Å². The van der Waals surface area contributed by atoms with Gasteiger partial charge in [-0.15, -0.1) is 11.3 Å². The van der Waals surface area contributed by atoms with Crippen LogP contribution in [0.2, 0.25) is 0 Å². The Bertz CT molecular complexity index is 1470. The Labute approximate surface area is 326 Å². The molecule has 0 aliphatic rings. The first-order valence-corrected chi connectivity index (χ1v) is 20.0. The summed E-state index contributed by atoms with van der Waals surface area (Å²) in [4.78, 5) is 72.0. The minimum absolute atomic E-state index is 0.0485. The van der Waals surface area contributed by atoms with Crippen molar-refractivity contribution in [1.82, 2.24) is 31.2 Å². The van der Waals surface area contributed by atoms with Gasteiger partial charge in [-0.25, -0.2) is 4.98 Å². The van der Waals surface area contributed by atoms with Crippen LogP contribution in [0.25, 0.3) is 0 Å². The zero-order valence-corrected chi connectivity index (χ0v) is 34.7. The second kappa shape index (κ2) is 23.8. The summed E-state index contributed by atoms with van der Waals surface area (Å²) in [7, 11) is 4.95. The second-order valence-electron chi connectivity index (χ2n) is 14.6. The lowest BCUT2D eigenvalue weighted by molar-refractivity contribution is -0.149. The summed E-state index contributed by atoms with van der Waals surface area (Å²) in [6, 6.07) is 7.49. The number of aromatic nitrogens is 1. The van der Waals surface area contributed by atoms with Crippen LogP contribution in [-0.4, -0.2) is 98.0 Å². The average molecular weight is 773 g/mol. The zero-order valence-electron chi connectivity index (χ0n) is 33.9. The Morgan fingerprint density at radius 2 is 1.63 bits per heavy atom. The number of hydrogen-bond donors (Lipinski definition) is 4. The number of nitrogens with zero attached hydrogens (tertiary/aromatic N) is 2. The topological polar surface area (TPSA) is 168 Å². The summed E-state index contributed by atoms with van der Waals surface area (Å²) in [6.07, 6.45) is 2.77. The van der Waals surface area contributed by atoms with E-state index in [2.05, 4.69) is 26.3 Å². The molecule has 54 heavy (non-hydrogen) atoms. The molecule has 13 nitrogen and oxygen atoms in total. The van der Waals surface area contributed by atoms with Gasteiger partial charge in [0.05, 0.1) is 7.11 Å². The van der Waals surface area contributed by atoms with Crippen LogP contribution in [-0.2, 0) is 35.1 Å². The third kappa shape index (κ3) is 15.1. The number of esters is 2. The van der Waals surface area contributed by atoms with Crippen molar-refractivity contribution in [2.24, 2.45) is 17.8 Å². The molecule has 0 radical (unpaired) electrons. The van der Waals surface area contributed by atoms with Gasteiger partial charge in [0, 0.05) is 43.8 Å². The number of ether oxygens (including phenoxy) is 2.